The second-order valence-corrected chi connectivity index (χ2v) is 7.60. The molecule has 4 rings (SSSR count). The highest BCUT2D eigenvalue weighted by atomic mass is 16.7. The molecule has 0 radical (unpaired) electrons. The molecule has 0 saturated carbocycles. The molecule has 154 valence electrons. The van der Waals surface area contributed by atoms with E-state index in [4.69, 9.17) is 23.8 Å². The zero-order valence-electron chi connectivity index (χ0n) is 16.7. The summed E-state index contributed by atoms with van der Waals surface area (Å²) in [6, 6.07) is 6.05. The number of hydrogen-bond acceptors (Lipinski definition) is 7. The average molecular weight is 390 g/mol. The van der Waals surface area contributed by atoms with Crippen LogP contribution in [-0.2, 0) is 14.3 Å². The third-order valence-corrected chi connectivity index (χ3v) is 5.41. The van der Waals surface area contributed by atoms with Crippen molar-refractivity contribution in [2.75, 3.05) is 59.3 Å². The van der Waals surface area contributed by atoms with Gasteiger partial charge in [0.1, 0.15) is 6.61 Å². The van der Waals surface area contributed by atoms with Crippen LogP contribution < -0.4 is 9.47 Å². The Morgan fingerprint density at radius 3 is 2.71 bits per heavy atom. The maximum atomic E-state index is 6.05. The number of rotatable bonds is 8. The van der Waals surface area contributed by atoms with Crippen LogP contribution in [0.15, 0.2) is 23.4 Å². The summed E-state index contributed by atoms with van der Waals surface area (Å²) >= 11 is 0. The van der Waals surface area contributed by atoms with Crippen LogP contribution in [0.4, 0.5) is 0 Å². The summed E-state index contributed by atoms with van der Waals surface area (Å²) < 4.78 is 22.9. The van der Waals surface area contributed by atoms with Crippen molar-refractivity contribution in [3.05, 3.63) is 23.8 Å². The zero-order valence-corrected chi connectivity index (χ0v) is 16.7. The van der Waals surface area contributed by atoms with Crippen LogP contribution in [0, 0.1) is 0 Å². The Balaban J connectivity index is 1.40. The molecule has 2 fully saturated rings. The van der Waals surface area contributed by atoms with Gasteiger partial charge in [-0.1, -0.05) is 12.1 Å². The SMILES string of the molecule is CCCOc1cc(C2=NOC3(CCOC3)C2)ccc1OCCN1CCOCC1. The molecule has 1 atom stereocenters. The lowest BCUT2D eigenvalue weighted by atomic mass is 9.93. The number of ether oxygens (including phenoxy) is 4. The maximum absolute atomic E-state index is 6.05. The second-order valence-electron chi connectivity index (χ2n) is 7.60. The van der Waals surface area contributed by atoms with E-state index in [9.17, 15) is 0 Å². The van der Waals surface area contributed by atoms with Gasteiger partial charge >= 0.3 is 0 Å². The number of oxime groups is 1. The third-order valence-electron chi connectivity index (χ3n) is 5.41. The van der Waals surface area contributed by atoms with Crippen LogP contribution in [0.2, 0.25) is 0 Å². The summed E-state index contributed by atoms with van der Waals surface area (Å²) in [5.74, 6) is 1.55. The molecule has 3 heterocycles. The quantitative estimate of drug-likeness (QED) is 0.680. The lowest BCUT2D eigenvalue weighted by Crippen LogP contribution is -2.38. The van der Waals surface area contributed by atoms with Crippen molar-refractivity contribution in [2.45, 2.75) is 31.8 Å². The fourth-order valence-electron chi connectivity index (χ4n) is 3.72. The number of morpholine rings is 1. The summed E-state index contributed by atoms with van der Waals surface area (Å²) in [7, 11) is 0. The van der Waals surface area contributed by atoms with Crippen LogP contribution in [0.25, 0.3) is 0 Å². The van der Waals surface area contributed by atoms with Crippen LogP contribution in [0.1, 0.15) is 31.7 Å². The molecule has 7 nitrogen and oxygen atoms in total. The molecule has 1 aromatic carbocycles. The molecule has 0 aromatic heterocycles. The fourth-order valence-corrected chi connectivity index (χ4v) is 3.72. The molecular weight excluding hydrogens is 360 g/mol. The van der Waals surface area contributed by atoms with Gasteiger partial charge in [0.2, 0.25) is 0 Å². The first-order valence-corrected chi connectivity index (χ1v) is 10.3. The van der Waals surface area contributed by atoms with Crippen LogP contribution in [0.5, 0.6) is 11.5 Å². The Labute approximate surface area is 166 Å². The van der Waals surface area contributed by atoms with E-state index in [1.807, 2.05) is 18.2 Å². The summed E-state index contributed by atoms with van der Waals surface area (Å²) in [5, 5.41) is 4.34. The molecule has 7 heteroatoms. The van der Waals surface area contributed by atoms with E-state index in [1.54, 1.807) is 0 Å². The van der Waals surface area contributed by atoms with E-state index in [2.05, 4.69) is 17.0 Å². The summed E-state index contributed by atoms with van der Waals surface area (Å²) in [6.07, 6.45) is 2.61. The van der Waals surface area contributed by atoms with Crippen molar-refractivity contribution in [1.29, 1.82) is 0 Å². The van der Waals surface area contributed by atoms with Gasteiger partial charge in [0.25, 0.3) is 0 Å². The minimum absolute atomic E-state index is 0.271. The monoisotopic (exact) mass is 390 g/mol. The highest BCUT2D eigenvalue weighted by Gasteiger charge is 2.43. The van der Waals surface area contributed by atoms with Gasteiger partial charge in [-0.25, -0.2) is 0 Å². The lowest BCUT2D eigenvalue weighted by molar-refractivity contribution is -0.0237. The van der Waals surface area contributed by atoms with Crippen LogP contribution >= 0.6 is 0 Å². The van der Waals surface area contributed by atoms with Crippen molar-refractivity contribution >= 4 is 5.71 Å². The van der Waals surface area contributed by atoms with Gasteiger partial charge in [-0.3, -0.25) is 4.90 Å². The first-order valence-electron chi connectivity index (χ1n) is 10.3. The molecule has 1 spiro atoms. The molecule has 28 heavy (non-hydrogen) atoms. The van der Waals surface area contributed by atoms with E-state index in [0.717, 1.165) is 81.5 Å². The molecule has 0 N–H and O–H groups in total. The van der Waals surface area contributed by atoms with Gasteiger partial charge in [0.05, 0.1) is 38.7 Å². The summed E-state index contributed by atoms with van der Waals surface area (Å²) in [4.78, 5) is 8.09. The van der Waals surface area contributed by atoms with Gasteiger partial charge in [-0.2, -0.15) is 0 Å². The maximum Gasteiger partial charge on any atom is 0.168 e. The Morgan fingerprint density at radius 1 is 1.07 bits per heavy atom. The Kier molecular flexibility index (Phi) is 6.34. The average Bonchev–Trinajstić information content (AvgIpc) is 3.38. The highest BCUT2D eigenvalue weighted by molar-refractivity contribution is 6.02. The highest BCUT2D eigenvalue weighted by Crippen LogP contribution is 2.36. The first-order chi connectivity index (χ1) is 13.8. The van der Waals surface area contributed by atoms with E-state index in [0.29, 0.717) is 19.8 Å². The van der Waals surface area contributed by atoms with Gasteiger partial charge in [-0.15, -0.1) is 0 Å². The molecule has 2 saturated heterocycles. The van der Waals surface area contributed by atoms with Crippen LogP contribution in [-0.4, -0.2) is 75.5 Å². The summed E-state index contributed by atoms with van der Waals surface area (Å²) in [5.41, 5.74) is 1.70. The molecule has 1 aromatic rings. The Hall–Kier alpha value is -1.83. The number of nitrogens with zero attached hydrogens (tertiary/aromatic N) is 2. The minimum atomic E-state index is -0.271. The summed E-state index contributed by atoms with van der Waals surface area (Å²) in [6.45, 7) is 9.16. The van der Waals surface area contributed by atoms with Crippen molar-refractivity contribution in [3.63, 3.8) is 0 Å². The van der Waals surface area contributed by atoms with Crippen molar-refractivity contribution in [2.24, 2.45) is 5.16 Å². The Morgan fingerprint density at radius 2 is 1.93 bits per heavy atom. The van der Waals surface area contributed by atoms with E-state index in [1.165, 1.54) is 0 Å². The molecule has 3 aliphatic rings. The molecular formula is C21H30N2O5. The normalized spacial score (nSPS) is 25.0. The van der Waals surface area contributed by atoms with Crippen molar-refractivity contribution in [1.82, 2.24) is 4.90 Å². The standard InChI is InChI=1S/C21H30N2O5/c1-2-9-26-20-14-17(18-15-21(28-22-18)5-10-25-16-21)3-4-19(20)27-13-8-23-6-11-24-12-7-23/h3-4,14H,2,5-13,15-16H2,1H3. The predicted molar refractivity (Wildman–Crippen MR) is 105 cm³/mol. The number of benzene rings is 1. The first kappa shape index (κ1) is 19.5. The van der Waals surface area contributed by atoms with Crippen molar-refractivity contribution in [3.8, 4) is 11.5 Å². The largest absolute Gasteiger partial charge is 0.490 e. The number of hydrogen-bond donors (Lipinski definition) is 0. The fraction of sp³-hybridized carbons (Fsp3) is 0.667. The van der Waals surface area contributed by atoms with Gasteiger partial charge in [-0.05, 0) is 24.6 Å². The molecule has 0 amide bonds. The molecule has 0 bridgehead atoms. The van der Waals surface area contributed by atoms with Gasteiger partial charge < -0.3 is 23.8 Å². The van der Waals surface area contributed by atoms with E-state index >= 15 is 0 Å². The van der Waals surface area contributed by atoms with Crippen LogP contribution in [0.3, 0.4) is 0 Å². The van der Waals surface area contributed by atoms with Gasteiger partial charge in [0.15, 0.2) is 17.1 Å². The smallest absolute Gasteiger partial charge is 0.168 e. The molecule has 1 unspecified atom stereocenters. The minimum Gasteiger partial charge on any atom is -0.490 e. The Bertz CT molecular complexity index is 681. The second kappa shape index (κ2) is 9.11. The topological polar surface area (TPSA) is 61.8 Å². The molecule has 3 aliphatic heterocycles. The molecule has 0 aliphatic carbocycles. The van der Waals surface area contributed by atoms with E-state index < -0.39 is 0 Å². The lowest BCUT2D eigenvalue weighted by Gasteiger charge is -2.26. The predicted octanol–water partition coefficient (Wildman–Crippen LogP) is 2.47. The van der Waals surface area contributed by atoms with E-state index in [-0.39, 0.29) is 5.60 Å². The van der Waals surface area contributed by atoms with Gasteiger partial charge in [0, 0.05) is 38.0 Å². The zero-order chi connectivity index (χ0) is 19.2. The van der Waals surface area contributed by atoms with Crippen molar-refractivity contribution < 1.29 is 23.8 Å². The third kappa shape index (κ3) is 4.59.